The topological polar surface area (TPSA) is 44.7 Å². The fourth-order valence-electron chi connectivity index (χ4n) is 2.00. The highest BCUT2D eigenvalue weighted by molar-refractivity contribution is 5.83. The number of benzene rings is 1. The number of amides is 1. The van der Waals surface area contributed by atoms with E-state index in [2.05, 4.69) is 41.4 Å². The molecule has 0 spiro atoms. The average Bonchev–Trinajstić information content (AvgIpc) is 2.40. The zero-order chi connectivity index (χ0) is 15.9. The quantitative estimate of drug-likeness (QED) is 0.472. The van der Waals surface area contributed by atoms with E-state index in [1.54, 1.807) is 6.21 Å². The minimum Gasteiger partial charge on any atom is -0.372 e. The van der Waals surface area contributed by atoms with Crippen LogP contribution in [0.15, 0.2) is 29.4 Å². The predicted molar refractivity (Wildman–Crippen MR) is 88.6 cm³/mol. The Labute approximate surface area is 127 Å². The molecule has 0 unspecified atom stereocenters. The summed E-state index contributed by atoms with van der Waals surface area (Å²) in [5.74, 6) is -0.0847. The van der Waals surface area contributed by atoms with Gasteiger partial charge in [-0.25, -0.2) is 5.43 Å². The first kappa shape index (κ1) is 17.2. The summed E-state index contributed by atoms with van der Waals surface area (Å²) in [4.78, 5) is 13.9. The van der Waals surface area contributed by atoms with Gasteiger partial charge in [0.05, 0.1) is 27.4 Å². The number of hydrogen-bond acceptors (Lipinski definition) is 3. The maximum atomic E-state index is 11.6. The molecule has 1 amide bonds. The first-order valence-corrected chi connectivity index (χ1v) is 7.33. The van der Waals surface area contributed by atoms with Crippen LogP contribution < -0.4 is 10.3 Å². The molecule has 116 valence electrons. The minimum absolute atomic E-state index is 0.0847. The van der Waals surface area contributed by atoms with Gasteiger partial charge in [-0.05, 0) is 31.5 Å². The van der Waals surface area contributed by atoms with E-state index >= 15 is 0 Å². The Balaban J connectivity index is 2.56. The van der Waals surface area contributed by atoms with Gasteiger partial charge in [-0.1, -0.05) is 12.1 Å². The van der Waals surface area contributed by atoms with Crippen molar-refractivity contribution in [3.8, 4) is 0 Å². The first-order valence-electron chi connectivity index (χ1n) is 7.33. The van der Waals surface area contributed by atoms with Crippen LogP contribution in [0.5, 0.6) is 0 Å². The third-order valence-electron chi connectivity index (χ3n) is 3.04. The van der Waals surface area contributed by atoms with Crippen molar-refractivity contribution in [3.63, 3.8) is 0 Å². The van der Waals surface area contributed by atoms with Crippen molar-refractivity contribution in [1.82, 2.24) is 5.43 Å². The van der Waals surface area contributed by atoms with Crippen molar-refractivity contribution >= 4 is 17.8 Å². The van der Waals surface area contributed by atoms with E-state index in [-0.39, 0.29) is 5.91 Å². The highest BCUT2D eigenvalue weighted by Gasteiger charge is 2.12. The van der Waals surface area contributed by atoms with Crippen LogP contribution in [0, 0.1) is 0 Å². The van der Waals surface area contributed by atoms with E-state index in [1.165, 1.54) is 5.69 Å². The van der Waals surface area contributed by atoms with Crippen LogP contribution in [-0.4, -0.2) is 57.4 Å². The van der Waals surface area contributed by atoms with Crippen LogP contribution in [0.4, 0.5) is 5.69 Å². The number of nitrogens with one attached hydrogen (secondary N) is 1. The van der Waals surface area contributed by atoms with Gasteiger partial charge in [-0.2, -0.15) is 5.10 Å². The van der Waals surface area contributed by atoms with Gasteiger partial charge in [-0.3, -0.25) is 4.79 Å². The van der Waals surface area contributed by atoms with Crippen molar-refractivity contribution in [2.45, 2.75) is 13.8 Å². The molecule has 0 bridgehead atoms. The summed E-state index contributed by atoms with van der Waals surface area (Å²) in [5, 5.41) is 3.99. The lowest BCUT2D eigenvalue weighted by Gasteiger charge is -2.22. The number of quaternary nitrogens is 1. The SMILES string of the molecule is CCN(CC)c1ccc(C=NNC(=O)C[N+](C)(C)C)cc1. The Hall–Kier alpha value is -1.88. The molecule has 0 aliphatic heterocycles. The van der Waals surface area contributed by atoms with Crippen LogP contribution in [0.3, 0.4) is 0 Å². The number of anilines is 1. The highest BCUT2D eigenvalue weighted by Crippen LogP contribution is 2.13. The molecule has 1 N–H and O–H groups in total. The van der Waals surface area contributed by atoms with E-state index in [0.29, 0.717) is 11.0 Å². The molecule has 0 saturated heterocycles. The van der Waals surface area contributed by atoms with Crippen molar-refractivity contribution in [2.75, 3.05) is 45.7 Å². The largest absolute Gasteiger partial charge is 0.372 e. The van der Waals surface area contributed by atoms with Crippen molar-refractivity contribution < 1.29 is 9.28 Å². The van der Waals surface area contributed by atoms with Gasteiger partial charge in [0, 0.05) is 18.8 Å². The molecule has 1 aromatic rings. The van der Waals surface area contributed by atoms with Crippen LogP contribution >= 0.6 is 0 Å². The Morgan fingerprint density at radius 1 is 1.19 bits per heavy atom. The minimum atomic E-state index is -0.0847. The van der Waals surface area contributed by atoms with Gasteiger partial charge in [0.2, 0.25) is 0 Å². The molecule has 0 aliphatic rings. The molecule has 0 radical (unpaired) electrons. The van der Waals surface area contributed by atoms with Crippen molar-refractivity contribution in [3.05, 3.63) is 29.8 Å². The molecular weight excluding hydrogens is 264 g/mol. The fourth-order valence-corrected chi connectivity index (χ4v) is 2.00. The third-order valence-corrected chi connectivity index (χ3v) is 3.04. The molecule has 0 atom stereocenters. The number of likely N-dealkylation sites (N-methyl/N-ethyl adjacent to an activating group) is 1. The van der Waals surface area contributed by atoms with Gasteiger partial charge < -0.3 is 9.38 Å². The predicted octanol–water partition coefficient (Wildman–Crippen LogP) is 1.69. The maximum Gasteiger partial charge on any atom is 0.295 e. The molecule has 0 aromatic heterocycles. The lowest BCUT2D eigenvalue weighted by atomic mass is 10.2. The highest BCUT2D eigenvalue weighted by atomic mass is 16.2. The summed E-state index contributed by atoms with van der Waals surface area (Å²) in [6.07, 6.45) is 1.67. The molecule has 1 rings (SSSR count). The van der Waals surface area contributed by atoms with Crippen LogP contribution in [-0.2, 0) is 4.79 Å². The maximum absolute atomic E-state index is 11.6. The zero-order valence-corrected chi connectivity index (χ0v) is 13.8. The van der Waals surface area contributed by atoms with Crippen LogP contribution in [0.25, 0.3) is 0 Å². The van der Waals surface area contributed by atoms with Crippen LogP contribution in [0.2, 0.25) is 0 Å². The number of carbonyl (C=O) groups excluding carboxylic acids is 1. The smallest absolute Gasteiger partial charge is 0.295 e. The molecular formula is C16H27N4O+. The molecule has 0 aliphatic carbocycles. The summed E-state index contributed by atoms with van der Waals surface area (Å²) in [5.41, 5.74) is 4.72. The average molecular weight is 291 g/mol. The second-order valence-corrected chi connectivity index (χ2v) is 6.01. The summed E-state index contributed by atoms with van der Waals surface area (Å²) in [6.45, 7) is 6.67. The number of carbonyl (C=O) groups is 1. The van der Waals surface area contributed by atoms with Gasteiger partial charge in [0.15, 0.2) is 6.54 Å². The summed E-state index contributed by atoms with van der Waals surface area (Å²) >= 11 is 0. The van der Waals surface area contributed by atoms with E-state index in [4.69, 9.17) is 0 Å². The molecule has 0 fully saturated rings. The fraction of sp³-hybridized carbons (Fsp3) is 0.500. The van der Waals surface area contributed by atoms with Crippen LogP contribution in [0.1, 0.15) is 19.4 Å². The monoisotopic (exact) mass is 291 g/mol. The Bertz CT molecular complexity index is 470. The van der Waals surface area contributed by atoms with Crippen molar-refractivity contribution in [1.29, 1.82) is 0 Å². The van der Waals surface area contributed by atoms with Crippen molar-refractivity contribution in [2.24, 2.45) is 5.10 Å². The standard InChI is InChI=1S/C16H26N4O/c1-6-19(7-2)15-10-8-14(9-11-15)12-17-18-16(21)13-20(3,4)5/h8-12H,6-7,13H2,1-5H3/p+1. The van der Waals surface area contributed by atoms with E-state index in [1.807, 2.05) is 33.3 Å². The molecule has 0 heterocycles. The normalized spacial score (nSPS) is 11.7. The second-order valence-electron chi connectivity index (χ2n) is 6.01. The summed E-state index contributed by atoms with van der Waals surface area (Å²) in [6, 6.07) is 8.15. The Kier molecular flexibility index (Phi) is 6.37. The van der Waals surface area contributed by atoms with E-state index < -0.39 is 0 Å². The molecule has 0 saturated carbocycles. The molecule has 5 heteroatoms. The molecule has 1 aromatic carbocycles. The first-order chi connectivity index (χ1) is 9.85. The van der Waals surface area contributed by atoms with Gasteiger partial charge in [0.25, 0.3) is 5.91 Å². The Morgan fingerprint density at radius 3 is 2.24 bits per heavy atom. The number of rotatable bonds is 7. The second kappa shape index (κ2) is 7.78. The lowest BCUT2D eigenvalue weighted by Crippen LogP contribution is -2.43. The number of hydrazone groups is 1. The third kappa shape index (κ3) is 6.40. The Morgan fingerprint density at radius 2 is 1.76 bits per heavy atom. The van der Waals surface area contributed by atoms with E-state index in [9.17, 15) is 4.79 Å². The summed E-state index contributed by atoms with van der Waals surface area (Å²) < 4.78 is 0.583. The molecule has 5 nitrogen and oxygen atoms in total. The molecule has 21 heavy (non-hydrogen) atoms. The lowest BCUT2D eigenvalue weighted by molar-refractivity contribution is -0.862. The summed E-state index contributed by atoms with van der Waals surface area (Å²) in [7, 11) is 5.90. The van der Waals surface area contributed by atoms with Gasteiger partial charge >= 0.3 is 0 Å². The zero-order valence-electron chi connectivity index (χ0n) is 13.8. The number of hydrogen-bond donors (Lipinski definition) is 1. The van der Waals surface area contributed by atoms with Gasteiger partial charge in [-0.15, -0.1) is 0 Å². The number of nitrogens with zero attached hydrogens (tertiary/aromatic N) is 3. The van der Waals surface area contributed by atoms with Gasteiger partial charge in [0.1, 0.15) is 0 Å². The van der Waals surface area contributed by atoms with E-state index in [0.717, 1.165) is 18.7 Å².